The molecule has 0 aliphatic carbocycles. The van der Waals surface area contributed by atoms with Gasteiger partial charge in [-0.25, -0.2) is 4.98 Å². The molecule has 2 aromatic heterocycles. The maximum atomic E-state index is 12.0. The average Bonchev–Trinajstić information content (AvgIpc) is 2.63. The molecule has 1 N–H and O–H groups in total. The summed E-state index contributed by atoms with van der Waals surface area (Å²) in [5, 5.41) is 0. The Morgan fingerprint density at radius 1 is 1.41 bits per heavy atom. The first-order valence-corrected chi connectivity index (χ1v) is 6.55. The zero-order chi connectivity index (χ0) is 12.6. The van der Waals surface area contributed by atoms with Crippen LogP contribution in [0.4, 0.5) is 0 Å². The fourth-order valence-corrected chi connectivity index (χ4v) is 2.82. The van der Waals surface area contributed by atoms with Crippen molar-refractivity contribution in [3.8, 4) is 10.7 Å². The second-order valence-corrected chi connectivity index (χ2v) is 5.89. The molecule has 2 aromatic rings. The second-order valence-electron chi connectivity index (χ2n) is 4.17. The van der Waals surface area contributed by atoms with Crippen molar-refractivity contribution in [3.63, 3.8) is 0 Å². The Balaban J connectivity index is 2.57. The van der Waals surface area contributed by atoms with E-state index >= 15 is 0 Å². The van der Waals surface area contributed by atoms with Crippen LogP contribution in [0.3, 0.4) is 0 Å². The molecular formula is C12H13ClN2OS. The van der Waals surface area contributed by atoms with E-state index in [9.17, 15) is 4.79 Å². The van der Waals surface area contributed by atoms with E-state index in [2.05, 4.69) is 9.97 Å². The smallest absolute Gasteiger partial charge is 0.254 e. The van der Waals surface area contributed by atoms with Gasteiger partial charge in [-0.3, -0.25) is 4.79 Å². The van der Waals surface area contributed by atoms with Gasteiger partial charge in [-0.1, -0.05) is 25.4 Å². The number of nitrogens with one attached hydrogen (secondary N) is 1. The summed E-state index contributed by atoms with van der Waals surface area (Å²) in [6, 6.07) is 3.66. The lowest BCUT2D eigenvalue weighted by molar-refractivity contribution is 0.815. The zero-order valence-electron chi connectivity index (χ0n) is 9.87. The van der Waals surface area contributed by atoms with Gasteiger partial charge >= 0.3 is 0 Å². The number of hydrogen-bond acceptors (Lipinski definition) is 3. The Morgan fingerprint density at radius 2 is 2.12 bits per heavy atom. The number of halogens is 1. The monoisotopic (exact) mass is 268 g/mol. The van der Waals surface area contributed by atoms with Crippen molar-refractivity contribution in [2.24, 2.45) is 0 Å². The molecule has 0 fully saturated rings. The van der Waals surface area contributed by atoms with E-state index in [1.54, 1.807) is 6.07 Å². The van der Waals surface area contributed by atoms with Crippen molar-refractivity contribution in [2.45, 2.75) is 26.7 Å². The molecule has 3 nitrogen and oxygen atoms in total. The molecule has 0 unspecified atom stereocenters. The third-order valence-corrected chi connectivity index (χ3v) is 3.77. The van der Waals surface area contributed by atoms with Crippen molar-refractivity contribution < 1.29 is 0 Å². The molecule has 17 heavy (non-hydrogen) atoms. The van der Waals surface area contributed by atoms with Crippen molar-refractivity contribution in [1.29, 1.82) is 0 Å². The van der Waals surface area contributed by atoms with Crippen LogP contribution >= 0.6 is 22.9 Å². The van der Waals surface area contributed by atoms with Crippen LogP contribution in [-0.2, 0) is 0 Å². The van der Waals surface area contributed by atoms with Gasteiger partial charge in [-0.15, -0.1) is 11.3 Å². The fraction of sp³-hybridized carbons (Fsp3) is 0.333. The van der Waals surface area contributed by atoms with Gasteiger partial charge in [0, 0.05) is 11.3 Å². The molecule has 0 spiro atoms. The van der Waals surface area contributed by atoms with Crippen LogP contribution in [0.15, 0.2) is 16.9 Å². The van der Waals surface area contributed by atoms with Gasteiger partial charge in [0.2, 0.25) is 0 Å². The van der Waals surface area contributed by atoms with Crippen LogP contribution in [-0.4, -0.2) is 9.97 Å². The summed E-state index contributed by atoms with van der Waals surface area (Å²) >= 11 is 7.28. The number of hydrogen-bond donors (Lipinski definition) is 1. The number of aromatic nitrogens is 2. The number of aryl methyl sites for hydroxylation is 1. The molecule has 0 amide bonds. The van der Waals surface area contributed by atoms with Crippen LogP contribution in [0.5, 0.6) is 0 Å². The predicted molar refractivity (Wildman–Crippen MR) is 72.0 cm³/mol. The quantitative estimate of drug-likeness (QED) is 0.905. The van der Waals surface area contributed by atoms with E-state index in [0.29, 0.717) is 10.2 Å². The minimum atomic E-state index is -0.0629. The Bertz CT molecular complexity index is 601. The standard InChI is InChI=1S/C12H13ClN2OS/c1-6(2)10-7(3)14-11(15-12(10)16)8-4-5-9(13)17-8/h4-6H,1-3H3,(H,14,15,16). The van der Waals surface area contributed by atoms with Crippen LogP contribution < -0.4 is 5.56 Å². The third-order valence-electron chi connectivity index (χ3n) is 2.53. The lowest BCUT2D eigenvalue weighted by atomic mass is 10.0. The maximum absolute atomic E-state index is 12.0. The van der Waals surface area contributed by atoms with E-state index in [1.807, 2.05) is 26.8 Å². The Morgan fingerprint density at radius 3 is 2.59 bits per heavy atom. The molecule has 5 heteroatoms. The minimum absolute atomic E-state index is 0.0629. The number of nitrogens with zero attached hydrogens (tertiary/aromatic N) is 1. The molecule has 90 valence electrons. The highest BCUT2D eigenvalue weighted by molar-refractivity contribution is 7.19. The zero-order valence-corrected chi connectivity index (χ0v) is 11.4. The summed E-state index contributed by atoms with van der Waals surface area (Å²) in [5.41, 5.74) is 1.46. The largest absolute Gasteiger partial charge is 0.306 e. The highest BCUT2D eigenvalue weighted by Gasteiger charge is 2.13. The maximum Gasteiger partial charge on any atom is 0.254 e. The highest BCUT2D eigenvalue weighted by Crippen LogP contribution is 2.28. The highest BCUT2D eigenvalue weighted by atomic mass is 35.5. The third kappa shape index (κ3) is 2.42. The van der Waals surface area contributed by atoms with E-state index in [-0.39, 0.29) is 11.5 Å². The molecular weight excluding hydrogens is 256 g/mol. The molecule has 2 rings (SSSR count). The van der Waals surface area contributed by atoms with Gasteiger partial charge in [0.05, 0.1) is 9.21 Å². The fourth-order valence-electron chi connectivity index (χ4n) is 1.83. The predicted octanol–water partition coefficient (Wildman–Crippen LogP) is 3.58. The lowest BCUT2D eigenvalue weighted by Gasteiger charge is -2.08. The summed E-state index contributed by atoms with van der Waals surface area (Å²) in [4.78, 5) is 20.1. The summed E-state index contributed by atoms with van der Waals surface area (Å²) in [5.74, 6) is 0.765. The van der Waals surface area contributed by atoms with Gasteiger partial charge in [0.15, 0.2) is 5.82 Å². The van der Waals surface area contributed by atoms with E-state index in [4.69, 9.17) is 11.6 Å². The molecule has 0 bridgehead atoms. The Kier molecular flexibility index (Phi) is 3.35. The molecule has 0 saturated carbocycles. The molecule has 0 aromatic carbocycles. The second kappa shape index (κ2) is 4.63. The summed E-state index contributed by atoms with van der Waals surface area (Å²) in [6.07, 6.45) is 0. The van der Waals surface area contributed by atoms with Crippen molar-refractivity contribution in [1.82, 2.24) is 9.97 Å². The van der Waals surface area contributed by atoms with Gasteiger partial charge < -0.3 is 4.98 Å². The molecule has 0 saturated heterocycles. The summed E-state index contributed by atoms with van der Waals surface area (Å²) in [7, 11) is 0. The Labute approximate surface area is 108 Å². The first-order chi connectivity index (χ1) is 7.99. The number of H-pyrrole nitrogens is 1. The van der Waals surface area contributed by atoms with Crippen molar-refractivity contribution in [3.05, 3.63) is 38.1 Å². The average molecular weight is 269 g/mol. The molecule has 0 atom stereocenters. The van der Waals surface area contributed by atoms with Gasteiger partial charge in [-0.05, 0) is 25.0 Å². The van der Waals surface area contributed by atoms with Gasteiger partial charge in [0.25, 0.3) is 5.56 Å². The molecule has 2 heterocycles. The van der Waals surface area contributed by atoms with E-state index < -0.39 is 0 Å². The first-order valence-electron chi connectivity index (χ1n) is 5.35. The van der Waals surface area contributed by atoms with Crippen molar-refractivity contribution in [2.75, 3.05) is 0 Å². The van der Waals surface area contributed by atoms with Gasteiger partial charge in [-0.2, -0.15) is 0 Å². The molecule has 0 radical (unpaired) electrons. The number of aromatic amines is 1. The summed E-state index contributed by atoms with van der Waals surface area (Å²) < 4.78 is 0.688. The number of thiophene rings is 1. The number of rotatable bonds is 2. The molecule has 0 aliphatic heterocycles. The van der Waals surface area contributed by atoms with E-state index in [0.717, 1.165) is 16.1 Å². The first kappa shape index (κ1) is 12.3. The Hall–Kier alpha value is -1.13. The SMILES string of the molecule is Cc1nc(-c2ccc(Cl)s2)[nH]c(=O)c1C(C)C. The van der Waals surface area contributed by atoms with Crippen LogP contribution in [0.25, 0.3) is 10.7 Å². The normalized spacial score (nSPS) is 11.1. The van der Waals surface area contributed by atoms with Crippen LogP contribution in [0.2, 0.25) is 4.34 Å². The molecule has 0 aliphatic rings. The van der Waals surface area contributed by atoms with Crippen LogP contribution in [0, 0.1) is 6.92 Å². The lowest BCUT2D eigenvalue weighted by Crippen LogP contribution is -2.18. The van der Waals surface area contributed by atoms with Gasteiger partial charge in [0.1, 0.15) is 0 Å². The van der Waals surface area contributed by atoms with E-state index in [1.165, 1.54) is 11.3 Å². The van der Waals surface area contributed by atoms with Crippen molar-refractivity contribution >= 4 is 22.9 Å². The topological polar surface area (TPSA) is 45.8 Å². The minimum Gasteiger partial charge on any atom is -0.306 e. The summed E-state index contributed by atoms with van der Waals surface area (Å²) in [6.45, 7) is 5.84. The van der Waals surface area contributed by atoms with Crippen LogP contribution in [0.1, 0.15) is 31.0 Å².